The molecule has 1 aliphatic rings. The number of barbiturate groups is 1. The monoisotopic (exact) mass is 412 g/mol. The van der Waals surface area contributed by atoms with Gasteiger partial charge >= 0.3 is 6.03 Å². The fourth-order valence-corrected chi connectivity index (χ4v) is 2.91. The molecule has 0 spiro atoms. The van der Waals surface area contributed by atoms with E-state index >= 15 is 0 Å². The number of hydrogen-bond acceptors (Lipinski definition) is 7. The first-order valence-electron chi connectivity index (χ1n) is 8.84. The third-order valence-corrected chi connectivity index (χ3v) is 4.50. The van der Waals surface area contributed by atoms with E-state index in [4.69, 9.17) is 14.2 Å². The van der Waals surface area contributed by atoms with Crippen LogP contribution in [0.2, 0.25) is 0 Å². The summed E-state index contributed by atoms with van der Waals surface area (Å²) in [5, 5.41) is 12.2. The van der Waals surface area contributed by atoms with E-state index in [0.29, 0.717) is 16.9 Å². The third-order valence-electron chi connectivity index (χ3n) is 4.50. The van der Waals surface area contributed by atoms with Gasteiger partial charge in [-0.25, -0.2) is 4.79 Å². The fraction of sp³-hybridized carbons (Fsp3) is 0.190. The Morgan fingerprint density at radius 1 is 0.967 bits per heavy atom. The lowest BCUT2D eigenvalue weighted by molar-refractivity contribution is -0.130. The van der Waals surface area contributed by atoms with Crippen LogP contribution >= 0.6 is 0 Å². The van der Waals surface area contributed by atoms with Crippen molar-refractivity contribution in [2.45, 2.75) is 6.54 Å². The standard InChI is InChI=1S/C21H20N2O7/c1-28-14-6-4-12(5-7-14)11-23-20(26)15(19(25)22-21(23)27)8-13-9-16(29-2)18(24)17(10-13)30-3/h4-10,24H,11H2,1-3H3,(H,22,25,27)/b15-8+. The lowest BCUT2D eigenvalue weighted by atomic mass is 10.1. The van der Waals surface area contributed by atoms with E-state index < -0.39 is 17.8 Å². The Bertz CT molecular complexity index is 1000. The third kappa shape index (κ3) is 4.04. The zero-order valence-corrected chi connectivity index (χ0v) is 16.6. The molecule has 0 saturated carbocycles. The van der Waals surface area contributed by atoms with Gasteiger partial charge in [-0.2, -0.15) is 0 Å². The summed E-state index contributed by atoms with van der Waals surface area (Å²) < 4.78 is 15.3. The number of carbonyl (C=O) groups is 3. The zero-order chi connectivity index (χ0) is 21.8. The lowest BCUT2D eigenvalue weighted by Gasteiger charge is -2.26. The Kier molecular flexibility index (Phi) is 5.91. The number of phenols is 1. The molecule has 1 aliphatic heterocycles. The predicted molar refractivity (Wildman–Crippen MR) is 106 cm³/mol. The van der Waals surface area contributed by atoms with Crippen molar-refractivity contribution >= 4 is 23.9 Å². The molecule has 0 bridgehead atoms. The minimum atomic E-state index is -0.818. The van der Waals surface area contributed by atoms with Crippen LogP contribution in [0.1, 0.15) is 11.1 Å². The smallest absolute Gasteiger partial charge is 0.331 e. The Balaban J connectivity index is 1.93. The van der Waals surface area contributed by atoms with E-state index in [9.17, 15) is 19.5 Å². The second-order valence-corrected chi connectivity index (χ2v) is 6.33. The molecule has 0 unspecified atom stereocenters. The number of ether oxygens (including phenoxy) is 3. The van der Waals surface area contributed by atoms with Crippen LogP contribution in [0.4, 0.5) is 4.79 Å². The summed E-state index contributed by atoms with van der Waals surface area (Å²) in [6.07, 6.45) is 1.30. The molecule has 2 aromatic rings. The summed E-state index contributed by atoms with van der Waals surface area (Å²) in [4.78, 5) is 38.4. The number of nitrogens with one attached hydrogen (secondary N) is 1. The van der Waals surface area contributed by atoms with Crippen LogP contribution in [-0.2, 0) is 16.1 Å². The topological polar surface area (TPSA) is 114 Å². The van der Waals surface area contributed by atoms with Crippen molar-refractivity contribution in [1.82, 2.24) is 10.2 Å². The maximum Gasteiger partial charge on any atom is 0.331 e. The highest BCUT2D eigenvalue weighted by Crippen LogP contribution is 2.37. The molecule has 156 valence electrons. The Morgan fingerprint density at radius 3 is 2.10 bits per heavy atom. The Hall–Kier alpha value is -4.01. The summed E-state index contributed by atoms with van der Waals surface area (Å²) in [5.41, 5.74) is 0.817. The lowest BCUT2D eigenvalue weighted by Crippen LogP contribution is -2.53. The minimum Gasteiger partial charge on any atom is -0.502 e. The first kappa shape index (κ1) is 20.7. The zero-order valence-electron chi connectivity index (χ0n) is 16.6. The maximum atomic E-state index is 12.9. The average Bonchev–Trinajstić information content (AvgIpc) is 2.75. The van der Waals surface area contributed by atoms with Gasteiger partial charge in [-0.3, -0.25) is 19.8 Å². The van der Waals surface area contributed by atoms with Crippen molar-refractivity contribution in [3.63, 3.8) is 0 Å². The molecule has 0 atom stereocenters. The van der Waals surface area contributed by atoms with Gasteiger partial charge in [-0.15, -0.1) is 0 Å². The summed E-state index contributed by atoms with van der Waals surface area (Å²) in [6, 6.07) is 8.92. The molecule has 0 aromatic heterocycles. The SMILES string of the molecule is COc1ccc(CN2C(=O)NC(=O)/C(=C\c3cc(OC)c(O)c(OC)c3)C2=O)cc1. The normalized spacial score (nSPS) is 15.2. The van der Waals surface area contributed by atoms with Gasteiger partial charge in [-0.05, 0) is 41.5 Å². The van der Waals surface area contributed by atoms with Crippen LogP contribution in [-0.4, -0.2) is 49.2 Å². The largest absolute Gasteiger partial charge is 0.502 e. The molecular formula is C21H20N2O7. The molecule has 2 N–H and O–H groups in total. The fourth-order valence-electron chi connectivity index (χ4n) is 2.91. The molecule has 1 saturated heterocycles. The highest BCUT2D eigenvalue weighted by atomic mass is 16.5. The molecule has 1 heterocycles. The first-order chi connectivity index (χ1) is 14.4. The first-order valence-corrected chi connectivity index (χ1v) is 8.84. The number of aromatic hydroxyl groups is 1. The highest BCUT2D eigenvalue weighted by molar-refractivity contribution is 6.31. The molecule has 0 aliphatic carbocycles. The van der Waals surface area contributed by atoms with Crippen LogP contribution in [0.25, 0.3) is 6.08 Å². The van der Waals surface area contributed by atoms with Gasteiger partial charge in [0, 0.05) is 0 Å². The van der Waals surface area contributed by atoms with Crippen LogP contribution in [0.3, 0.4) is 0 Å². The number of nitrogens with zero attached hydrogens (tertiary/aromatic N) is 1. The van der Waals surface area contributed by atoms with Crippen LogP contribution in [0.15, 0.2) is 42.0 Å². The molecule has 3 rings (SSSR count). The Morgan fingerprint density at radius 2 is 1.57 bits per heavy atom. The molecule has 30 heavy (non-hydrogen) atoms. The highest BCUT2D eigenvalue weighted by Gasteiger charge is 2.35. The number of urea groups is 1. The van der Waals surface area contributed by atoms with E-state index in [0.717, 1.165) is 4.90 Å². The molecule has 9 nitrogen and oxygen atoms in total. The number of benzene rings is 2. The van der Waals surface area contributed by atoms with Crippen molar-refractivity contribution in [3.8, 4) is 23.0 Å². The van der Waals surface area contributed by atoms with Gasteiger partial charge in [0.1, 0.15) is 11.3 Å². The molecule has 9 heteroatoms. The summed E-state index contributed by atoms with van der Waals surface area (Å²) >= 11 is 0. The maximum absolute atomic E-state index is 12.9. The van der Waals surface area contributed by atoms with Crippen LogP contribution < -0.4 is 19.5 Å². The average molecular weight is 412 g/mol. The van der Waals surface area contributed by atoms with Crippen molar-refractivity contribution < 1.29 is 33.7 Å². The van der Waals surface area contributed by atoms with Gasteiger partial charge in [0.2, 0.25) is 5.75 Å². The number of rotatable bonds is 6. The van der Waals surface area contributed by atoms with E-state index in [1.165, 1.54) is 39.5 Å². The van der Waals surface area contributed by atoms with Crippen molar-refractivity contribution in [2.24, 2.45) is 0 Å². The second kappa shape index (κ2) is 8.56. The Labute approximate surface area is 172 Å². The molecule has 2 aromatic carbocycles. The molecule has 1 fully saturated rings. The number of methoxy groups -OCH3 is 3. The molecular weight excluding hydrogens is 392 g/mol. The number of carbonyl (C=O) groups excluding carboxylic acids is 3. The number of hydrogen-bond donors (Lipinski definition) is 2. The number of phenolic OH excluding ortho intramolecular Hbond substituents is 1. The second-order valence-electron chi connectivity index (χ2n) is 6.33. The van der Waals surface area contributed by atoms with Gasteiger partial charge in [0.25, 0.3) is 11.8 Å². The van der Waals surface area contributed by atoms with Crippen molar-refractivity contribution in [1.29, 1.82) is 0 Å². The van der Waals surface area contributed by atoms with Crippen molar-refractivity contribution in [3.05, 3.63) is 53.1 Å². The van der Waals surface area contributed by atoms with E-state index in [1.807, 2.05) is 0 Å². The van der Waals surface area contributed by atoms with Crippen LogP contribution in [0, 0.1) is 0 Å². The van der Waals surface area contributed by atoms with E-state index in [2.05, 4.69) is 5.32 Å². The molecule has 0 radical (unpaired) electrons. The van der Waals surface area contributed by atoms with Gasteiger partial charge in [-0.1, -0.05) is 12.1 Å². The van der Waals surface area contributed by atoms with Crippen molar-refractivity contribution in [2.75, 3.05) is 21.3 Å². The minimum absolute atomic E-state index is 0.0263. The summed E-state index contributed by atoms with van der Waals surface area (Å²) in [5.74, 6) is -0.920. The van der Waals surface area contributed by atoms with Gasteiger partial charge in [0.15, 0.2) is 11.5 Å². The van der Waals surface area contributed by atoms with Gasteiger partial charge < -0.3 is 19.3 Å². The predicted octanol–water partition coefficient (Wildman–Crippen LogP) is 2.08. The van der Waals surface area contributed by atoms with Crippen LogP contribution in [0.5, 0.6) is 23.0 Å². The summed E-state index contributed by atoms with van der Waals surface area (Å²) in [7, 11) is 4.25. The van der Waals surface area contributed by atoms with Gasteiger partial charge in [0.05, 0.1) is 27.9 Å². The van der Waals surface area contributed by atoms with E-state index in [-0.39, 0.29) is 29.4 Å². The number of amides is 4. The summed E-state index contributed by atoms with van der Waals surface area (Å²) in [6.45, 7) is -0.0263. The van der Waals surface area contributed by atoms with E-state index in [1.54, 1.807) is 24.3 Å². The quantitative estimate of drug-likeness (QED) is 0.551. The molecule has 4 amide bonds. The number of imide groups is 2.